The summed E-state index contributed by atoms with van der Waals surface area (Å²) in [4.78, 5) is 39.7. The Bertz CT molecular complexity index is 1060. The highest BCUT2D eigenvalue weighted by Crippen LogP contribution is 2.24. The minimum Gasteiger partial charge on any atom is -0.497 e. The SMILES string of the molecule is CCN1C(=O)C(CC(=O)Nc2ccc(F)cc2)N(NC(=O)c2cc(OC)cc(OC)c2)C1=S. The van der Waals surface area contributed by atoms with Crippen LogP contribution in [0.5, 0.6) is 11.5 Å². The number of nitrogens with zero attached hydrogens (tertiary/aromatic N) is 2. The van der Waals surface area contributed by atoms with E-state index in [9.17, 15) is 18.8 Å². The lowest BCUT2D eigenvalue weighted by molar-refractivity contribution is -0.130. The van der Waals surface area contributed by atoms with Crippen molar-refractivity contribution in [2.75, 3.05) is 26.1 Å². The van der Waals surface area contributed by atoms with Gasteiger partial charge in [0, 0.05) is 23.9 Å². The van der Waals surface area contributed by atoms with Crippen molar-refractivity contribution in [3.63, 3.8) is 0 Å². The first-order valence-electron chi connectivity index (χ1n) is 10.0. The van der Waals surface area contributed by atoms with Crippen LogP contribution in [0.25, 0.3) is 0 Å². The third kappa shape index (κ3) is 5.37. The summed E-state index contributed by atoms with van der Waals surface area (Å²) in [7, 11) is 2.92. The van der Waals surface area contributed by atoms with Gasteiger partial charge in [0.25, 0.3) is 11.8 Å². The standard InChI is InChI=1S/C22H23FN4O5S/c1-4-26-21(30)18(12-19(28)24-15-7-5-14(23)6-8-15)27(22(26)33)25-20(29)13-9-16(31-2)11-17(10-13)32-3/h5-11,18H,4,12H2,1-3H3,(H,24,28)(H,25,29). The number of nitrogens with one attached hydrogen (secondary N) is 2. The molecule has 0 radical (unpaired) electrons. The number of hydrogen-bond acceptors (Lipinski definition) is 6. The van der Waals surface area contributed by atoms with Crippen molar-refractivity contribution in [1.29, 1.82) is 0 Å². The maximum Gasteiger partial charge on any atom is 0.270 e. The number of likely N-dealkylation sites (N-methyl/N-ethyl adjacent to an activating group) is 1. The average Bonchev–Trinajstić information content (AvgIpc) is 3.03. The Balaban J connectivity index is 1.79. The predicted molar refractivity (Wildman–Crippen MR) is 122 cm³/mol. The zero-order chi connectivity index (χ0) is 24.1. The van der Waals surface area contributed by atoms with E-state index in [0.29, 0.717) is 17.2 Å². The van der Waals surface area contributed by atoms with E-state index in [1.165, 1.54) is 60.5 Å². The molecule has 0 aliphatic carbocycles. The lowest BCUT2D eigenvalue weighted by Gasteiger charge is -2.24. The van der Waals surface area contributed by atoms with Crippen molar-refractivity contribution < 1.29 is 28.2 Å². The van der Waals surface area contributed by atoms with Crippen LogP contribution in [0.2, 0.25) is 0 Å². The lowest BCUT2D eigenvalue weighted by atomic mass is 10.1. The molecule has 33 heavy (non-hydrogen) atoms. The molecule has 1 heterocycles. The molecule has 2 aromatic carbocycles. The largest absolute Gasteiger partial charge is 0.497 e. The van der Waals surface area contributed by atoms with Crippen LogP contribution < -0.4 is 20.2 Å². The highest BCUT2D eigenvalue weighted by Gasteiger charge is 2.44. The second-order valence-corrected chi connectivity index (χ2v) is 7.42. The van der Waals surface area contributed by atoms with Crippen LogP contribution in [0.3, 0.4) is 0 Å². The van der Waals surface area contributed by atoms with Crippen LogP contribution in [0.15, 0.2) is 42.5 Å². The maximum absolute atomic E-state index is 13.1. The Labute approximate surface area is 195 Å². The normalized spacial score (nSPS) is 15.5. The van der Waals surface area contributed by atoms with Crippen molar-refractivity contribution in [1.82, 2.24) is 15.3 Å². The third-order valence-corrected chi connectivity index (χ3v) is 5.38. The number of amides is 3. The van der Waals surface area contributed by atoms with E-state index in [1.807, 2.05) is 0 Å². The summed E-state index contributed by atoms with van der Waals surface area (Å²) in [6, 6.07) is 8.80. The Hall–Kier alpha value is -3.73. The fourth-order valence-electron chi connectivity index (χ4n) is 3.28. The molecule has 1 fully saturated rings. The summed E-state index contributed by atoms with van der Waals surface area (Å²) in [6.45, 7) is 2.01. The number of hydrazine groups is 1. The number of halogens is 1. The molecular formula is C22H23FN4O5S. The molecule has 1 atom stereocenters. The number of thiocarbonyl (C=S) groups is 1. The molecular weight excluding hydrogens is 451 g/mol. The number of benzene rings is 2. The summed E-state index contributed by atoms with van der Waals surface area (Å²) in [6.07, 6.45) is -0.283. The number of carbonyl (C=O) groups excluding carboxylic acids is 3. The molecule has 2 aromatic rings. The van der Waals surface area contributed by atoms with E-state index in [1.54, 1.807) is 13.0 Å². The van der Waals surface area contributed by atoms with Crippen molar-refractivity contribution in [3.05, 3.63) is 53.8 Å². The van der Waals surface area contributed by atoms with Gasteiger partial charge in [0.05, 0.1) is 20.6 Å². The van der Waals surface area contributed by atoms with Crippen molar-refractivity contribution in [2.24, 2.45) is 0 Å². The summed E-state index contributed by atoms with van der Waals surface area (Å²) >= 11 is 5.37. The molecule has 1 saturated heterocycles. The van der Waals surface area contributed by atoms with Gasteiger partial charge in [0.15, 0.2) is 5.11 Å². The van der Waals surface area contributed by atoms with Gasteiger partial charge >= 0.3 is 0 Å². The fourth-order valence-corrected chi connectivity index (χ4v) is 3.67. The molecule has 2 N–H and O–H groups in total. The van der Waals surface area contributed by atoms with Gasteiger partial charge in [-0.15, -0.1) is 0 Å². The topological polar surface area (TPSA) is 100 Å². The van der Waals surface area contributed by atoms with E-state index in [2.05, 4.69) is 10.7 Å². The van der Waals surface area contributed by atoms with Crippen molar-refractivity contribution >= 4 is 40.7 Å². The molecule has 0 spiro atoms. The molecule has 0 bridgehead atoms. The molecule has 0 aromatic heterocycles. The zero-order valence-corrected chi connectivity index (χ0v) is 19.1. The minimum absolute atomic E-state index is 0.0743. The van der Waals surface area contributed by atoms with Crippen LogP contribution in [-0.4, -0.2) is 59.5 Å². The summed E-state index contributed by atoms with van der Waals surface area (Å²) in [5, 5.41) is 3.89. The summed E-state index contributed by atoms with van der Waals surface area (Å²) in [5.74, 6) is -1.10. The summed E-state index contributed by atoms with van der Waals surface area (Å²) < 4.78 is 23.5. The van der Waals surface area contributed by atoms with Gasteiger partial charge in [-0.1, -0.05) is 0 Å². The first-order chi connectivity index (χ1) is 15.8. The molecule has 1 aliphatic rings. The molecule has 1 aliphatic heterocycles. The van der Waals surface area contributed by atoms with E-state index >= 15 is 0 Å². The molecule has 174 valence electrons. The number of ether oxygens (including phenoxy) is 2. The molecule has 0 saturated carbocycles. The van der Waals surface area contributed by atoms with E-state index in [-0.39, 0.29) is 23.6 Å². The molecule has 3 amide bonds. The van der Waals surface area contributed by atoms with Crippen LogP contribution in [-0.2, 0) is 9.59 Å². The summed E-state index contributed by atoms with van der Waals surface area (Å²) in [5.41, 5.74) is 3.21. The van der Waals surface area contributed by atoms with Crippen molar-refractivity contribution in [3.8, 4) is 11.5 Å². The maximum atomic E-state index is 13.1. The van der Waals surface area contributed by atoms with Gasteiger partial charge in [-0.3, -0.25) is 24.7 Å². The monoisotopic (exact) mass is 474 g/mol. The minimum atomic E-state index is -1.05. The highest BCUT2D eigenvalue weighted by molar-refractivity contribution is 7.80. The van der Waals surface area contributed by atoms with Crippen LogP contribution >= 0.6 is 12.2 Å². The van der Waals surface area contributed by atoms with Gasteiger partial charge in [-0.2, -0.15) is 0 Å². The second-order valence-electron chi connectivity index (χ2n) is 7.05. The fraction of sp³-hybridized carbons (Fsp3) is 0.273. The van der Waals surface area contributed by atoms with Crippen LogP contribution in [0.1, 0.15) is 23.7 Å². The molecule has 1 unspecified atom stereocenters. The Morgan fingerprint density at radius 1 is 1.09 bits per heavy atom. The van der Waals surface area contributed by atoms with Gasteiger partial charge in [0.2, 0.25) is 5.91 Å². The smallest absolute Gasteiger partial charge is 0.270 e. The van der Waals surface area contributed by atoms with Crippen molar-refractivity contribution in [2.45, 2.75) is 19.4 Å². The number of carbonyl (C=O) groups is 3. The van der Waals surface area contributed by atoms with Crippen LogP contribution in [0.4, 0.5) is 10.1 Å². The van der Waals surface area contributed by atoms with E-state index in [0.717, 1.165) is 0 Å². The van der Waals surface area contributed by atoms with Gasteiger partial charge in [0.1, 0.15) is 23.4 Å². The Kier molecular flexibility index (Phi) is 7.44. The molecule has 3 rings (SSSR count). The zero-order valence-electron chi connectivity index (χ0n) is 18.3. The number of methoxy groups -OCH3 is 2. The Morgan fingerprint density at radius 2 is 1.70 bits per heavy atom. The van der Waals surface area contributed by atoms with Crippen LogP contribution in [0, 0.1) is 5.82 Å². The first-order valence-corrected chi connectivity index (χ1v) is 10.4. The number of rotatable bonds is 8. The van der Waals surface area contributed by atoms with E-state index < -0.39 is 29.6 Å². The molecule has 9 nitrogen and oxygen atoms in total. The first kappa shape index (κ1) is 23.9. The van der Waals surface area contributed by atoms with Gasteiger partial charge < -0.3 is 14.8 Å². The average molecular weight is 475 g/mol. The quantitative estimate of drug-likeness (QED) is 0.567. The molecule has 11 heteroatoms. The lowest BCUT2D eigenvalue weighted by Crippen LogP contribution is -2.49. The second kappa shape index (κ2) is 10.3. The predicted octanol–water partition coefficient (Wildman–Crippen LogP) is 2.33. The third-order valence-electron chi connectivity index (χ3n) is 4.96. The highest BCUT2D eigenvalue weighted by atomic mass is 32.1. The number of hydrogen-bond donors (Lipinski definition) is 2. The van der Waals surface area contributed by atoms with E-state index in [4.69, 9.17) is 21.7 Å². The van der Waals surface area contributed by atoms with Gasteiger partial charge in [-0.05, 0) is 55.5 Å². The Morgan fingerprint density at radius 3 is 2.24 bits per heavy atom. The van der Waals surface area contributed by atoms with Gasteiger partial charge in [-0.25, -0.2) is 9.40 Å². The number of anilines is 1.